The van der Waals surface area contributed by atoms with Crippen molar-refractivity contribution in [1.29, 1.82) is 0 Å². The fourth-order valence-corrected chi connectivity index (χ4v) is 2.55. The van der Waals surface area contributed by atoms with Crippen LogP contribution in [0.25, 0.3) is 6.08 Å². The second kappa shape index (κ2) is 5.80. The molecule has 0 spiro atoms. The Morgan fingerprint density at radius 3 is 2.94 bits per heavy atom. The van der Waals surface area contributed by atoms with Gasteiger partial charge in [0, 0.05) is 9.85 Å². The minimum atomic E-state index is 0.00444. The molecule has 0 fully saturated rings. The van der Waals surface area contributed by atoms with Crippen LogP contribution in [0, 0.1) is 0 Å². The van der Waals surface area contributed by atoms with Crippen LogP contribution in [0.1, 0.15) is 15.4 Å². The van der Waals surface area contributed by atoms with Gasteiger partial charge in [-0.05, 0) is 46.3 Å². The average molecular weight is 309 g/mol. The topological polar surface area (TPSA) is 30.2 Å². The zero-order valence-corrected chi connectivity index (χ0v) is 11.2. The van der Waals surface area contributed by atoms with Crippen molar-refractivity contribution in [3.63, 3.8) is 0 Å². The first-order valence-corrected chi connectivity index (χ1v) is 6.59. The van der Waals surface area contributed by atoms with Gasteiger partial charge in [0.2, 0.25) is 0 Å². The van der Waals surface area contributed by atoms with Crippen molar-refractivity contribution in [2.45, 2.75) is 0 Å². The molecule has 0 amide bonds. The van der Waals surface area contributed by atoms with Crippen LogP contribution in [0.3, 0.4) is 0 Å². The zero-order valence-electron chi connectivity index (χ0n) is 8.80. The van der Waals surface area contributed by atoms with Crippen molar-refractivity contribution in [3.8, 4) is 0 Å². The summed E-state index contributed by atoms with van der Waals surface area (Å²) in [5.74, 6) is 0.769. The van der Waals surface area contributed by atoms with Crippen LogP contribution in [-0.2, 0) is 0 Å². The Kier molecular flexibility index (Phi) is 4.12. The summed E-state index contributed by atoms with van der Waals surface area (Å²) in [5, 5.41) is 1.89. The number of thiophene rings is 1. The maximum Gasteiger partial charge on any atom is 0.195 e. The van der Waals surface area contributed by atoms with E-state index >= 15 is 0 Å². The lowest BCUT2D eigenvalue weighted by molar-refractivity contribution is 0.105. The van der Waals surface area contributed by atoms with E-state index in [1.807, 2.05) is 23.6 Å². The third kappa shape index (κ3) is 3.54. The van der Waals surface area contributed by atoms with Gasteiger partial charge in [0.1, 0.15) is 5.76 Å². The van der Waals surface area contributed by atoms with Gasteiger partial charge in [0.25, 0.3) is 0 Å². The number of rotatable bonds is 4. The summed E-state index contributed by atoms with van der Waals surface area (Å²) in [4.78, 5) is 12.4. The van der Waals surface area contributed by atoms with Crippen LogP contribution in [0.5, 0.6) is 0 Å². The third-order valence-corrected chi connectivity index (χ3v) is 3.68. The van der Waals surface area contributed by atoms with E-state index in [0.717, 1.165) is 15.1 Å². The Labute approximate surface area is 111 Å². The molecule has 0 aromatic carbocycles. The van der Waals surface area contributed by atoms with E-state index in [-0.39, 0.29) is 5.78 Å². The molecule has 0 aliphatic rings. The molecule has 2 heterocycles. The molecule has 0 saturated carbocycles. The molecule has 2 nitrogen and oxygen atoms in total. The van der Waals surface area contributed by atoms with Crippen molar-refractivity contribution in [2.24, 2.45) is 0 Å². The highest BCUT2D eigenvalue weighted by molar-refractivity contribution is 9.10. The lowest BCUT2D eigenvalue weighted by Gasteiger charge is -1.85. The zero-order chi connectivity index (χ0) is 12.1. The van der Waals surface area contributed by atoms with E-state index in [0.29, 0.717) is 0 Å². The van der Waals surface area contributed by atoms with Gasteiger partial charge in [-0.2, -0.15) is 0 Å². The Bertz CT molecular complexity index is 550. The van der Waals surface area contributed by atoms with Crippen LogP contribution >= 0.6 is 27.3 Å². The number of halogens is 1. The molecule has 2 aromatic heterocycles. The normalized spacial score (nSPS) is 11.6. The largest absolute Gasteiger partial charge is 0.465 e. The highest BCUT2D eigenvalue weighted by atomic mass is 79.9. The van der Waals surface area contributed by atoms with Crippen LogP contribution in [0.15, 0.2) is 57.0 Å². The smallest absolute Gasteiger partial charge is 0.195 e. The number of hydrogen-bond acceptors (Lipinski definition) is 3. The van der Waals surface area contributed by atoms with Crippen molar-refractivity contribution in [3.05, 3.63) is 63.2 Å². The summed E-state index contributed by atoms with van der Waals surface area (Å²) in [6, 6.07) is 5.48. The Morgan fingerprint density at radius 1 is 1.41 bits per heavy atom. The second-order valence-electron chi connectivity index (χ2n) is 3.23. The molecule has 0 N–H and O–H groups in total. The summed E-state index contributed by atoms with van der Waals surface area (Å²) >= 11 is 4.74. The van der Waals surface area contributed by atoms with E-state index in [1.54, 1.807) is 24.5 Å². The number of ketones is 1. The minimum absolute atomic E-state index is 0.00444. The van der Waals surface area contributed by atoms with Crippen molar-refractivity contribution in [2.75, 3.05) is 0 Å². The number of hydrogen-bond donors (Lipinski definition) is 0. The molecule has 2 aromatic rings. The fraction of sp³-hybridized carbons (Fsp3) is 0. The molecule has 0 radical (unpaired) electrons. The molecule has 0 aliphatic carbocycles. The average Bonchev–Trinajstić information content (AvgIpc) is 2.95. The molecule has 17 heavy (non-hydrogen) atoms. The summed E-state index contributed by atoms with van der Waals surface area (Å²) in [5.41, 5.74) is 0. The first-order chi connectivity index (χ1) is 8.25. The van der Waals surface area contributed by atoms with Crippen LogP contribution in [-0.4, -0.2) is 5.78 Å². The first-order valence-electron chi connectivity index (χ1n) is 4.92. The molecule has 0 aliphatic heterocycles. The molecule has 86 valence electrons. The van der Waals surface area contributed by atoms with Gasteiger partial charge in [-0.25, -0.2) is 0 Å². The fourth-order valence-electron chi connectivity index (χ4n) is 1.20. The van der Waals surface area contributed by atoms with E-state index < -0.39 is 0 Å². The van der Waals surface area contributed by atoms with Gasteiger partial charge < -0.3 is 4.42 Å². The molecular formula is C13H9BrO2S. The quantitative estimate of drug-likeness (QED) is 0.471. The summed E-state index contributed by atoms with van der Waals surface area (Å²) in [6.07, 6.45) is 8.43. The van der Waals surface area contributed by atoms with E-state index in [4.69, 9.17) is 4.42 Å². The van der Waals surface area contributed by atoms with Crippen molar-refractivity contribution < 1.29 is 9.21 Å². The highest BCUT2D eigenvalue weighted by Gasteiger charge is 2.03. The summed E-state index contributed by atoms with van der Waals surface area (Å²) in [7, 11) is 0. The van der Waals surface area contributed by atoms with Gasteiger partial charge in [0.15, 0.2) is 5.78 Å². The Morgan fingerprint density at radius 2 is 2.29 bits per heavy atom. The third-order valence-electron chi connectivity index (χ3n) is 1.97. The molecule has 2 rings (SSSR count). The van der Waals surface area contributed by atoms with E-state index in [9.17, 15) is 4.79 Å². The number of allylic oxidation sites excluding steroid dienone is 3. The van der Waals surface area contributed by atoms with Gasteiger partial charge in [-0.1, -0.05) is 12.2 Å². The molecule has 0 unspecified atom stereocenters. The molecular weight excluding hydrogens is 300 g/mol. The van der Waals surface area contributed by atoms with Crippen molar-refractivity contribution in [1.82, 2.24) is 0 Å². The second-order valence-corrected chi connectivity index (χ2v) is 5.05. The van der Waals surface area contributed by atoms with Gasteiger partial charge >= 0.3 is 0 Å². The Balaban J connectivity index is 1.95. The lowest BCUT2D eigenvalue weighted by atomic mass is 10.3. The van der Waals surface area contributed by atoms with Gasteiger partial charge in [0.05, 0.1) is 11.1 Å². The van der Waals surface area contributed by atoms with E-state index in [1.165, 1.54) is 17.4 Å². The molecule has 0 bridgehead atoms. The van der Waals surface area contributed by atoms with E-state index in [2.05, 4.69) is 15.9 Å². The number of carbonyl (C=O) groups excluding carboxylic acids is 1. The number of carbonyl (C=O) groups is 1. The SMILES string of the molecule is O=C(/C=C/C=C/c1ccco1)c1cc(Br)cs1. The van der Waals surface area contributed by atoms with Crippen molar-refractivity contribution >= 4 is 39.1 Å². The summed E-state index contributed by atoms with van der Waals surface area (Å²) in [6.45, 7) is 0. The molecule has 4 heteroatoms. The highest BCUT2D eigenvalue weighted by Crippen LogP contribution is 2.20. The molecule has 0 atom stereocenters. The van der Waals surface area contributed by atoms with Crippen LogP contribution in [0.2, 0.25) is 0 Å². The maximum absolute atomic E-state index is 11.7. The van der Waals surface area contributed by atoms with Crippen LogP contribution in [0.4, 0.5) is 0 Å². The Hall–Kier alpha value is -1.39. The van der Waals surface area contributed by atoms with Gasteiger partial charge in [-0.15, -0.1) is 11.3 Å². The minimum Gasteiger partial charge on any atom is -0.465 e. The predicted molar refractivity (Wildman–Crippen MR) is 73.2 cm³/mol. The molecule has 0 saturated heterocycles. The summed E-state index contributed by atoms with van der Waals surface area (Å²) < 4.78 is 6.05. The number of furan rings is 1. The van der Waals surface area contributed by atoms with Gasteiger partial charge in [-0.3, -0.25) is 4.79 Å². The first kappa shape index (κ1) is 12.1. The maximum atomic E-state index is 11.7. The lowest BCUT2D eigenvalue weighted by Crippen LogP contribution is -1.87. The monoisotopic (exact) mass is 308 g/mol. The van der Waals surface area contributed by atoms with Crippen LogP contribution < -0.4 is 0 Å². The predicted octanol–water partition coefficient (Wildman–Crippen LogP) is 4.56. The standard InChI is InChI=1S/C13H9BrO2S/c14-10-8-13(17-9-10)12(15)6-2-1-4-11-5-3-7-16-11/h1-9H/b4-1+,6-2+.